The fourth-order valence-corrected chi connectivity index (χ4v) is 3.10. The van der Waals surface area contributed by atoms with Crippen molar-refractivity contribution in [2.24, 2.45) is 0 Å². The van der Waals surface area contributed by atoms with Gasteiger partial charge in [0.15, 0.2) is 5.72 Å². The number of halogens is 1. The van der Waals surface area contributed by atoms with Crippen LogP contribution in [-0.4, -0.2) is 38.1 Å². The molecule has 6 heteroatoms. The second-order valence-electron chi connectivity index (χ2n) is 7.64. The predicted octanol–water partition coefficient (Wildman–Crippen LogP) is 2.97. The van der Waals surface area contributed by atoms with Crippen molar-refractivity contribution in [1.29, 1.82) is 0 Å². The van der Waals surface area contributed by atoms with Crippen LogP contribution in [0.5, 0.6) is 0 Å². The lowest BCUT2D eigenvalue weighted by molar-refractivity contribution is -0.278. The molecule has 23 heavy (non-hydrogen) atoms. The summed E-state index contributed by atoms with van der Waals surface area (Å²) in [6.45, 7) is 8.70. The van der Waals surface area contributed by atoms with E-state index in [1.54, 1.807) is 34.6 Å². The number of carbonyl (C=O) groups excluding carboxylic acids is 1. The van der Waals surface area contributed by atoms with Gasteiger partial charge in [-0.1, -0.05) is 12.1 Å². The Hall–Kier alpha value is -1.66. The standard InChI is InChI=1S/C17H24FNO4/c1-15(2,3)23-14(21)19-16(4,5)10-17(19,22)13(20)11-7-6-8-12(18)9-11/h6-9,13,20,22H,10H2,1-5H3/t13-,17+/m1/s1. The van der Waals surface area contributed by atoms with Gasteiger partial charge >= 0.3 is 6.09 Å². The van der Waals surface area contributed by atoms with Crippen LogP contribution >= 0.6 is 0 Å². The fraction of sp³-hybridized carbons (Fsp3) is 0.588. The lowest BCUT2D eigenvalue weighted by Gasteiger charge is -2.61. The molecule has 1 heterocycles. The van der Waals surface area contributed by atoms with Crippen LogP contribution in [0.1, 0.15) is 52.7 Å². The van der Waals surface area contributed by atoms with E-state index >= 15 is 0 Å². The molecule has 1 saturated heterocycles. The van der Waals surface area contributed by atoms with Crippen LogP contribution in [0.25, 0.3) is 0 Å². The minimum absolute atomic E-state index is 0.150. The first-order valence-electron chi connectivity index (χ1n) is 7.56. The van der Waals surface area contributed by atoms with E-state index in [0.29, 0.717) is 0 Å². The van der Waals surface area contributed by atoms with Gasteiger partial charge in [0.05, 0.1) is 0 Å². The van der Waals surface area contributed by atoms with Gasteiger partial charge < -0.3 is 14.9 Å². The Bertz CT molecular complexity index is 611. The van der Waals surface area contributed by atoms with Crippen LogP contribution in [0.3, 0.4) is 0 Å². The van der Waals surface area contributed by atoms with Gasteiger partial charge in [-0.05, 0) is 52.3 Å². The Morgan fingerprint density at radius 2 is 2.00 bits per heavy atom. The molecule has 0 aliphatic carbocycles. The smallest absolute Gasteiger partial charge is 0.413 e. The molecule has 1 aliphatic heterocycles. The molecule has 128 valence electrons. The van der Waals surface area contributed by atoms with Crippen molar-refractivity contribution < 1.29 is 24.1 Å². The van der Waals surface area contributed by atoms with Crippen molar-refractivity contribution in [1.82, 2.24) is 4.90 Å². The number of ether oxygens (including phenoxy) is 1. The molecule has 2 rings (SSSR count). The third-order valence-electron chi connectivity index (χ3n) is 3.86. The summed E-state index contributed by atoms with van der Waals surface area (Å²) in [6.07, 6.45) is -2.00. The maximum atomic E-state index is 13.4. The largest absolute Gasteiger partial charge is 0.444 e. The van der Waals surface area contributed by atoms with E-state index in [0.717, 1.165) is 11.0 Å². The van der Waals surface area contributed by atoms with Crippen molar-refractivity contribution >= 4 is 6.09 Å². The van der Waals surface area contributed by atoms with E-state index in [2.05, 4.69) is 0 Å². The monoisotopic (exact) mass is 325 g/mol. The average Bonchev–Trinajstić information content (AvgIpc) is 2.33. The first-order valence-corrected chi connectivity index (χ1v) is 7.56. The van der Waals surface area contributed by atoms with Crippen LogP contribution in [-0.2, 0) is 4.74 Å². The van der Waals surface area contributed by atoms with Crippen molar-refractivity contribution in [2.75, 3.05) is 0 Å². The Balaban J connectivity index is 2.31. The maximum Gasteiger partial charge on any atom is 0.413 e. The zero-order valence-corrected chi connectivity index (χ0v) is 14.1. The topological polar surface area (TPSA) is 70.0 Å². The van der Waals surface area contributed by atoms with E-state index < -0.39 is 34.9 Å². The van der Waals surface area contributed by atoms with E-state index in [4.69, 9.17) is 4.74 Å². The second kappa shape index (κ2) is 5.46. The minimum atomic E-state index is -1.83. The van der Waals surface area contributed by atoms with Crippen molar-refractivity contribution in [2.45, 2.75) is 64.0 Å². The summed E-state index contributed by atoms with van der Waals surface area (Å²) >= 11 is 0. The molecule has 0 saturated carbocycles. The quantitative estimate of drug-likeness (QED) is 0.877. The van der Waals surface area contributed by atoms with Crippen molar-refractivity contribution in [3.05, 3.63) is 35.6 Å². The fourth-order valence-electron chi connectivity index (χ4n) is 3.10. The van der Waals surface area contributed by atoms with Gasteiger partial charge in [0.25, 0.3) is 0 Å². The van der Waals surface area contributed by atoms with Gasteiger partial charge in [-0.3, -0.25) is 4.90 Å². The molecule has 1 aliphatic rings. The molecular formula is C17H24FNO4. The number of benzene rings is 1. The number of aliphatic hydroxyl groups excluding tert-OH is 1. The molecule has 1 aromatic carbocycles. The van der Waals surface area contributed by atoms with Gasteiger partial charge in [0.1, 0.15) is 17.5 Å². The van der Waals surface area contributed by atoms with Crippen LogP contribution in [0.15, 0.2) is 24.3 Å². The van der Waals surface area contributed by atoms with Crippen molar-refractivity contribution in [3.8, 4) is 0 Å². The maximum absolute atomic E-state index is 13.4. The summed E-state index contributed by atoms with van der Waals surface area (Å²) in [5, 5.41) is 21.3. The number of hydrogen-bond donors (Lipinski definition) is 2. The summed E-state index contributed by atoms with van der Waals surface area (Å²) in [5.74, 6) is -0.521. The SMILES string of the molecule is CC(C)(C)OC(=O)N1C(C)(C)C[C@]1(O)[C@H](O)c1cccc(F)c1. The van der Waals surface area contributed by atoms with E-state index in [1.807, 2.05) is 0 Å². The lowest BCUT2D eigenvalue weighted by atomic mass is 9.74. The number of likely N-dealkylation sites (tertiary alicyclic amines) is 1. The normalized spacial score (nSPS) is 24.8. The average molecular weight is 325 g/mol. The zero-order valence-electron chi connectivity index (χ0n) is 14.1. The van der Waals surface area contributed by atoms with E-state index in [1.165, 1.54) is 18.2 Å². The number of carbonyl (C=O) groups is 1. The first-order chi connectivity index (χ1) is 10.4. The number of nitrogens with zero attached hydrogens (tertiary/aromatic N) is 1. The molecule has 0 aromatic heterocycles. The molecule has 0 bridgehead atoms. The van der Waals surface area contributed by atoms with Crippen LogP contribution in [0.4, 0.5) is 9.18 Å². The third-order valence-corrected chi connectivity index (χ3v) is 3.86. The molecule has 0 spiro atoms. The number of amides is 1. The summed E-state index contributed by atoms with van der Waals surface area (Å²) in [7, 11) is 0. The Morgan fingerprint density at radius 1 is 1.39 bits per heavy atom. The lowest BCUT2D eigenvalue weighted by Crippen LogP contribution is -2.75. The van der Waals surface area contributed by atoms with Gasteiger partial charge in [0.2, 0.25) is 0 Å². The zero-order chi connectivity index (χ0) is 17.6. The summed E-state index contributed by atoms with van der Waals surface area (Å²) in [4.78, 5) is 13.6. The Labute approximate surface area is 135 Å². The molecular weight excluding hydrogens is 301 g/mol. The summed E-state index contributed by atoms with van der Waals surface area (Å²) < 4.78 is 18.7. The molecule has 1 fully saturated rings. The predicted molar refractivity (Wildman–Crippen MR) is 83.1 cm³/mol. The highest BCUT2D eigenvalue weighted by atomic mass is 19.1. The molecule has 2 N–H and O–H groups in total. The molecule has 0 radical (unpaired) electrons. The van der Waals surface area contributed by atoms with Crippen molar-refractivity contribution in [3.63, 3.8) is 0 Å². The van der Waals surface area contributed by atoms with Crippen LogP contribution < -0.4 is 0 Å². The number of hydrogen-bond acceptors (Lipinski definition) is 4. The highest BCUT2D eigenvalue weighted by Gasteiger charge is 2.63. The van der Waals surface area contributed by atoms with Gasteiger partial charge in [-0.25, -0.2) is 9.18 Å². The molecule has 2 atom stereocenters. The minimum Gasteiger partial charge on any atom is -0.444 e. The molecule has 5 nitrogen and oxygen atoms in total. The molecule has 0 unspecified atom stereocenters. The van der Waals surface area contributed by atoms with E-state index in [-0.39, 0.29) is 12.0 Å². The van der Waals surface area contributed by atoms with Crippen LogP contribution in [0.2, 0.25) is 0 Å². The number of rotatable bonds is 2. The third kappa shape index (κ3) is 3.33. The Kier molecular flexibility index (Phi) is 4.20. The van der Waals surface area contributed by atoms with Gasteiger partial charge in [-0.2, -0.15) is 0 Å². The molecule has 1 aromatic rings. The summed E-state index contributed by atoms with van der Waals surface area (Å²) in [5.41, 5.74) is -3.03. The highest BCUT2D eigenvalue weighted by molar-refractivity contribution is 5.72. The van der Waals surface area contributed by atoms with Gasteiger partial charge in [-0.15, -0.1) is 0 Å². The van der Waals surface area contributed by atoms with Crippen LogP contribution in [0, 0.1) is 5.82 Å². The first kappa shape index (κ1) is 17.7. The second-order valence-corrected chi connectivity index (χ2v) is 7.64. The molecule has 1 amide bonds. The number of aliphatic hydroxyl groups is 2. The highest BCUT2D eigenvalue weighted by Crippen LogP contribution is 2.50. The summed E-state index contributed by atoms with van der Waals surface area (Å²) in [6, 6.07) is 5.33. The Morgan fingerprint density at radius 3 is 2.48 bits per heavy atom. The van der Waals surface area contributed by atoms with E-state index in [9.17, 15) is 19.4 Å². The van der Waals surface area contributed by atoms with Gasteiger partial charge in [0, 0.05) is 12.0 Å².